The van der Waals surface area contributed by atoms with Gasteiger partial charge in [-0.15, -0.1) is 0 Å². The van der Waals surface area contributed by atoms with Gasteiger partial charge in [0.05, 0.1) is 10.6 Å². The number of carboxylic acid groups (broad SMARTS) is 1. The highest BCUT2D eigenvalue weighted by molar-refractivity contribution is 6.34. The molecule has 16 heavy (non-hydrogen) atoms. The van der Waals surface area contributed by atoms with Gasteiger partial charge >= 0.3 is 5.97 Å². The summed E-state index contributed by atoms with van der Waals surface area (Å²) in [4.78, 5) is 13.0. The average Bonchev–Trinajstić information content (AvgIpc) is 2.25. The molecule has 0 aromatic heterocycles. The number of anilines is 1. The lowest BCUT2D eigenvalue weighted by atomic mass is 10.1. The summed E-state index contributed by atoms with van der Waals surface area (Å²) in [5.41, 5.74) is 1.99. The van der Waals surface area contributed by atoms with Crippen LogP contribution in [-0.2, 0) is 0 Å². The van der Waals surface area contributed by atoms with Gasteiger partial charge in [-0.1, -0.05) is 11.6 Å². The Labute approximate surface area is 101 Å². The fourth-order valence-electron chi connectivity index (χ4n) is 1.75. The Kier molecular flexibility index (Phi) is 4.19. The largest absolute Gasteiger partial charge is 0.478 e. The molecular weight excluding hydrogens is 226 g/mol. The smallest absolute Gasteiger partial charge is 0.337 e. The van der Waals surface area contributed by atoms with Crippen LogP contribution < -0.4 is 4.90 Å². The van der Waals surface area contributed by atoms with Gasteiger partial charge < -0.3 is 10.0 Å². The second-order valence-corrected chi connectivity index (χ2v) is 3.93. The van der Waals surface area contributed by atoms with E-state index in [1.165, 1.54) is 0 Å². The summed E-state index contributed by atoms with van der Waals surface area (Å²) < 4.78 is 0. The van der Waals surface area contributed by atoms with E-state index in [1.807, 2.05) is 13.0 Å². The Hall–Kier alpha value is -1.22. The van der Waals surface area contributed by atoms with Gasteiger partial charge in [-0.2, -0.15) is 0 Å². The molecule has 88 valence electrons. The Morgan fingerprint density at radius 1 is 1.38 bits per heavy atom. The summed E-state index contributed by atoms with van der Waals surface area (Å²) in [6, 6.07) is 3.38. The first-order valence-electron chi connectivity index (χ1n) is 5.30. The Morgan fingerprint density at radius 3 is 2.38 bits per heavy atom. The summed E-state index contributed by atoms with van der Waals surface area (Å²) in [7, 11) is 0. The maximum atomic E-state index is 10.9. The molecule has 4 heteroatoms. The van der Waals surface area contributed by atoms with Crippen molar-refractivity contribution in [3.63, 3.8) is 0 Å². The van der Waals surface area contributed by atoms with Crippen molar-refractivity contribution >= 4 is 23.3 Å². The first-order chi connectivity index (χ1) is 7.52. The molecule has 0 aliphatic rings. The van der Waals surface area contributed by atoms with Gasteiger partial charge in [0.25, 0.3) is 0 Å². The maximum Gasteiger partial charge on any atom is 0.337 e. The van der Waals surface area contributed by atoms with E-state index in [2.05, 4.69) is 18.7 Å². The van der Waals surface area contributed by atoms with E-state index < -0.39 is 5.97 Å². The molecule has 0 saturated carbocycles. The van der Waals surface area contributed by atoms with Gasteiger partial charge in [0.15, 0.2) is 0 Å². The molecule has 0 heterocycles. The van der Waals surface area contributed by atoms with Crippen LogP contribution in [-0.4, -0.2) is 24.2 Å². The maximum absolute atomic E-state index is 10.9. The average molecular weight is 242 g/mol. The summed E-state index contributed by atoms with van der Waals surface area (Å²) in [6.07, 6.45) is 0. The van der Waals surface area contributed by atoms with E-state index in [0.717, 1.165) is 24.3 Å². The predicted molar refractivity (Wildman–Crippen MR) is 66.7 cm³/mol. The van der Waals surface area contributed by atoms with Crippen molar-refractivity contribution in [1.29, 1.82) is 0 Å². The standard InChI is InChI=1S/C12H16ClNO2/c1-4-14(5-2)10-7-6-9(12(15)16)11(13)8(10)3/h6-7H,4-5H2,1-3H3,(H,15,16). The quantitative estimate of drug-likeness (QED) is 0.880. The SMILES string of the molecule is CCN(CC)c1ccc(C(=O)O)c(Cl)c1C. The summed E-state index contributed by atoms with van der Waals surface area (Å²) in [5, 5.41) is 9.27. The number of carbonyl (C=O) groups is 1. The molecule has 0 unspecified atom stereocenters. The van der Waals surface area contributed by atoms with Crippen LogP contribution in [0.5, 0.6) is 0 Å². The van der Waals surface area contributed by atoms with E-state index in [4.69, 9.17) is 16.7 Å². The van der Waals surface area contributed by atoms with Crippen LogP contribution in [0.15, 0.2) is 12.1 Å². The van der Waals surface area contributed by atoms with Crippen molar-refractivity contribution in [1.82, 2.24) is 0 Å². The third-order valence-electron chi connectivity index (χ3n) is 2.69. The van der Waals surface area contributed by atoms with E-state index in [-0.39, 0.29) is 5.56 Å². The van der Waals surface area contributed by atoms with Crippen molar-refractivity contribution in [2.75, 3.05) is 18.0 Å². The Morgan fingerprint density at radius 2 is 1.94 bits per heavy atom. The monoisotopic (exact) mass is 241 g/mol. The minimum Gasteiger partial charge on any atom is -0.478 e. The zero-order valence-electron chi connectivity index (χ0n) is 9.75. The van der Waals surface area contributed by atoms with Crippen LogP contribution >= 0.6 is 11.6 Å². The van der Waals surface area contributed by atoms with Gasteiger partial charge in [-0.05, 0) is 38.5 Å². The van der Waals surface area contributed by atoms with Crippen molar-refractivity contribution in [2.24, 2.45) is 0 Å². The lowest BCUT2D eigenvalue weighted by molar-refractivity contribution is 0.0697. The molecule has 1 aromatic carbocycles. The first kappa shape index (κ1) is 12.8. The molecular formula is C12H16ClNO2. The van der Waals surface area contributed by atoms with Crippen LogP contribution in [0.1, 0.15) is 29.8 Å². The van der Waals surface area contributed by atoms with Crippen molar-refractivity contribution in [3.8, 4) is 0 Å². The molecule has 0 aliphatic carbocycles. The fourth-order valence-corrected chi connectivity index (χ4v) is 1.99. The summed E-state index contributed by atoms with van der Waals surface area (Å²) >= 11 is 6.04. The minimum absolute atomic E-state index is 0.162. The van der Waals surface area contributed by atoms with Gasteiger partial charge in [-0.25, -0.2) is 4.79 Å². The first-order valence-corrected chi connectivity index (χ1v) is 5.68. The topological polar surface area (TPSA) is 40.5 Å². The third-order valence-corrected chi connectivity index (χ3v) is 3.18. The highest BCUT2D eigenvalue weighted by Gasteiger charge is 2.15. The number of carboxylic acids is 1. The van der Waals surface area contributed by atoms with Crippen molar-refractivity contribution in [2.45, 2.75) is 20.8 Å². The van der Waals surface area contributed by atoms with Crippen LogP contribution in [0.2, 0.25) is 5.02 Å². The highest BCUT2D eigenvalue weighted by atomic mass is 35.5. The molecule has 0 amide bonds. The normalized spacial score (nSPS) is 10.2. The summed E-state index contributed by atoms with van der Waals surface area (Å²) in [6.45, 7) is 7.71. The molecule has 0 fully saturated rings. The zero-order valence-corrected chi connectivity index (χ0v) is 10.5. The second kappa shape index (κ2) is 5.21. The number of hydrogen-bond donors (Lipinski definition) is 1. The van der Waals surface area contributed by atoms with Crippen LogP contribution in [0.3, 0.4) is 0 Å². The van der Waals surface area contributed by atoms with Crippen LogP contribution in [0.4, 0.5) is 5.69 Å². The van der Waals surface area contributed by atoms with E-state index in [0.29, 0.717) is 5.02 Å². The number of benzene rings is 1. The van der Waals surface area contributed by atoms with Gasteiger partial charge in [0, 0.05) is 18.8 Å². The molecule has 1 rings (SSSR count). The molecule has 0 bridgehead atoms. The Bertz CT molecular complexity index is 400. The molecule has 1 aromatic rings. The van der Waals surface area contributed by atoms with Gasteiger partial charge in [0.1, 0.15) is 0 Å². The number of hydrogen-bond acceptors (Lipinski definition) is 2. The van der Waals surface area contributed by atoms with E-state index in [1.54, 1.807) is 6.07 Å². The molecule has 0 spiro atoms. The van der Waals surface area contributed by atoms with Crippen molar-refractivity contribution < 1.29 is 9.90 Å². The number of rotatable bonds is 4. The van der Waals surface area contributed by atoms with Crippen LogP contribution in [0.25, 0.3) is 0 Å². The van der Waals surface area contributed by atoms with E-state index in [9.17, 15) is 4.79 Å². The molecule has 0 radical (unpaired) electrons. The lowest BCUT2D eigenvalue weighted by Crippen LogP contribution is -2.23. The highest BCUT2D eigenvalue weighted by Crippen LogP contribution is 2.29. The fraction of sp³-hybridized carbons (Fsp3) is 0.417. The molecule has 0 aliphatic heterocycles. The van der Waals surface area contributed by atoms with Crippen LogP contribution in [0, 0.1) is 6.92 Å². The summed E-state index contributed by atoms with van der Waals surface area (Å²) in [5.74, 6) is -0.987. The van der Waals surface area contributed by atoms with Crippen molar-refractivity contribution in [3.05, 3.63) is 28.3 Å². The number of nitrogens with zero attached hydrogens (tertiary/aromatic N) is 1. The molecule has 0 atom stereocenters. The molecule has 3 nitrogen and oxygen atoms in total. The second-order valence-electron chi connectivity index (χ2n) is 3.55. The number of halogens is 1. The lowest BCUT2D eigenvalue weighted by Gasteiger charge is -2.24. The van der Waals surface area contributed by atoms with E-state index >= 15 is 0 Å². The minimum atomic E-state index is -0.987. The van der Waals surface area contributed by atoms with Gasteiger partial charge in [0.2, 0.25) is 0 Å². The molecule has 1 N–H and O–H groups in total. The predicted octanol–water partition coefficient (Wildman–Crippen LogP) is 3.19. The Balaban J connectivity index is 3.26. The number of aromatic carboxylic acids is 1. The zero-order chi connectivity index (χ0) is 12.3. The third kappa shape index (κ3) is 2.30. The molecule has 0 saturated heterocycles. The van der Waals surface area contributed by atoms with Gasteiger partial charge in [-0.3, -0.25) is 0 Å².